The monoisotopic (exact) mass is 331 g/mol. The minimum Gasteiger partial charge on any atom is -0.481 e. The summed E-state index contributed by atoms with van der Waals surface area (Å²) in [5.41, 5.74) is 2.15. The van der Waals surface area contributed by atoms with Crippen molar-refractivity contribution in [2.45, 2.75) is 31.7 Å². The first kappa shape index (κ1) is 15.8. The fraction of sp³-hybridized carbons (Fsp3) is 0.412. The van der Waals surface area contributed by atoms with Crippen molar-refractivity contribution in [1.29, 1.82) is 0 Å². The number of carbonyl (C=O) groups is 1. The predicted octanol–water partition coefficient (Wildman–Crippen LogP) is 3.24. The summed E-state index contributed by atoms with van der Waals surface area (Å²) in [6.07, 6.45) is 4.77. The molecule has 0 saturated carbocycles. The van der Waals surface area contributed by atoms with Crippen molar-refractivity contribution < 1.29 is 9.90 Å². The first-order chi connectivity index (χ1) is 11.2. The second-order valence-electron chi connectivity index (χ2n) is 5.81. The van der Waals surface area contributed by atoms with E-state index in [2.05, 4.69) is 27.3 Å². The average molecular weight is 331 g/mol. The number of nitrogens with one attached hydrogen (secondary N) is 1. The summed E-state index contributed by atoms with van der Waals surface area (Å²) >= 11 is 1.69. The first-order valence-electron chi connectivity index (χ1n) is 7.92. The molecule has 2 heterocycles. The Bertz CT molecular complexity index is 637. The highest BCUT2D eigenvalue weighted by atomic mass is 32.1. The lowest BCUT2D eigenvalue weighted by atomic mass is 10.0. The molecule has 3 rings (SSSR count). The largest absolute Gasteiger partial charge is 0.481 e. The Kier molecular flexibility index (Phi) is 5.12. The van der Waals surface area contributed by atoms with Crippen molar-refractivity contribution in [3.8, 4) is 0 Å². The van der Waals surface area contributed by atoms with E-state index < -0.39 is 5.97 Å². The summed E-state index contributed by atoms with van der Waals surface area (Å²) < 4.78 is 0. The van der Waals surface area contributed by atoms with Crippen molar-refractivity contribution >= 4 is 28.1 Å². The average Bonchev–Trinajstić information content (AvgIpc) is 3.08. The van der Waals surface area contributed by atoms with Gasteiger partial charge in [-0.05, 0) is 37.0 Å². The molecule has 1 aromatic heterocycles. The number of anilines is 2. The summed E-state index contributed by atoms with van der Waals surface area (Å²) in [4.78, 5) is 17.4. The Morgan fingerprint density at radius 3 is 2.91 bits per heavy atom. The van der Waals surface area contributed by atoms with Gasteiger partial charge < -0.3 is 15.3 Å². The quantitative estimate of drug-likeness (QED) is 0.851. The number of aromatic nitrogens is 1. The molecule has 2 aromatic rings. The van der Waals surface area contributed by atoms with E-state index in [-0.39, 0.29) is 6.42 Å². The van der Waals surface area contributed by atoms with Crippen LogP contribution in [0.25, 0.3) is 0 Å². The Labute approximate surface area is 140 Å². The lowest BCUT2D eigenvalue weighted by Crippen LogP contribution is -2.39. The van der Waals surface area contributed by atoms with E-state index in [1.54, 1.807) is 11.3 Å². The predicted molar refractivity (Wildman–Crippen MR) is 93.4 cm³/mol. The van der Waals surface area contributed by atoms with Gasteiger partial charge in [0.1, 0.15) is 0 Å². The van der Waals surface area contributed by atoms with Crippen molar-refractivity contribution in [1.82, 2.24) is 4.98 Å². The second kappa shape index (κ2) is 7.46. The smallest absolute Gasteiger partial charge is 0.303 e. The van der Waals surface area contributed by atoms with Gasteiger partial charge >= 0.3 is 5.97 Å². The fourth-order valence-corrected chi connectivity index (χ4v) is 3.59. The topological polar surface area (TPSA) is 65.5 Å². The number of nitrogens with zero attached hydrogens (tertiary/aromatic N) is 2. The number of carboxylic acid groups (broad SMARTS) is 1. The van der Waals surface area contributed by atoms with E-state index in [1.165, 1.54) is 0 Å². The van der Waals surface area contributed by atoms with E-state index in [4.69, 9.17) is 5.11 Å². The summed E-state index contributed by atoms with van der Waals surface area (Å²) in [6.45, 7) is 2.04. The Morgan fingerprint density at radius 2 is 2.22 bits per heavy atom. The molecule has 1 aromatic carbocycles. The third-order valence-corrected chi connectivity index (χ3v) is 4.94. The lowest BCUT2D eigenvalue weighted by Gasteiger charge is -2.32. The summed E-state index contributed by atoms with van der Waals surface area (Å²) in [7, 11) is 0. The van der Waals surface area contributed by atoms with E-state index >= 15 is 0 Å². The van der Waals surface area contributed by atoms with Gasteiger partial charge in [0.05, 0.1) is 0 Å². The molecule has 1 fully saturated rings. The summed E-state index contributed by atoms with van der Waals surface area (Å²) in [5.74, 6) is -0.752. The van der Waals surface area contributed by atoms with Crippen LogP contribution in [0.3, 0.4) is 0 Å². The van der Waals surface area contributed by atoms with E-state index in [1.807, 2.05) is 23.7 Å². The van der Waals surface area contributed by atoms with Crippen LogP contribution in [0, 0.1) is 0 Å². The molecule has 1 aliphatic rings. The third kappa shape index (κ3) is 4.45. The van der Waals surface area contributed by atoms with E-state index in [9.17, 15) is 4.79 Å². The molecule has 0 radical (unpaired) electrons. The number of thiazole rings is 1. The number of aryl methyl sites for hydroxylation is 1. The second-order valence-corrected chi connectivity index (χ2v) is 6.69. The lowest BCUT2D eigenvalue weighted by molar-refractivity contribution is -0.136. The number of hydrogen-bond donors (Lipinski definition) is 2. The van der Waals surface area contributed by atoms with Gasteiger partial charge in [-0.1, -0.05) is 12.1 Å². The maximum Gasteiger partial charge on any atom is 0.303 e. The number of piperidine rings is 1. The van der Waals surface area contributed by atoms with Gasteiger partial charge in [0.25, 0.3) is 0 Å². The van der Waals surface area contributed by atoms with Gasteiger partial charge in [0.2, 0.25) is 0 Å². The van der Waals surface area contributed by atoms with Crippen LogP contribution in [0.2, 0.25) is 0 Å². The van der Waals surface area contributed by atoms with Crippen LogP contribution in [-0.2, 0) is 11.2 Å². The van der Waals surface area contributed by atoms with Gasteiger partial charge in [-0.15, -0.1) is 11.3 Å². The number of hydrogen-bond acceptors (Lipinski definition) is 5. The van der Waals surface area contributed by atoms with Crippen molar-refractivity contribution in [2.24, 2.45) is 0 Å². The van der Waals surface area contributed by atoms with E-state index in [0.29, 0.717) is 12.5 Å². The zero-order valence-electron chi connectivity index (χ0n) is 12.9. The van der Waals surface area contributed by atoms with Crippen LogP contribution in [0.15, 0.2) is 35.8 Å². The highest BCUT2D eigenvalue weighted by Crippen LogP contribution is 2.24. The van der Waals surface area contributed by atoms with Crippen LogP contribution in [0.5, 0.6) is 0 Å². The van der Waals surface area contributed by atoms with E-state index in [0.717, 1.165) is 42.3 Å². The molecule has 0 unspecified atom stereocenters. The maximum absolute atomic E-state index is 10.7. The molecule has 0 spiro atoms. The molecule has 5 nitrogen and oxygen atoms in total. The van der Waals surface area contributed by atoms with Crippen LogP contribution in [0.4, 0.5) is 10.8 Å². The number of aliphatic carboxylic acids is 1. The molecule has 1 aliphatic heterocycles. The minimum absolute atomic E-state index is 0.176. The maximum atomic E-state index is 10.7. The van der Waals surface area contributed by atoms with Crippen LogP contribution < -0.4 is 10.2 Å². The number of benzene rings is 1. The Balaban J connectivity index is 1.52. The highest BCUT2D eigenvalue weighted by molar-refractivity contribution is 7.13. The summed E-state index contributed by atoms with van der Waals surface area (Å²) in [6, 6.07) is 8.55. The van der Waals surface area contributed by atoms with Crippen LogP contribution in [-0.4, -0.2) is 35.2 Å². The Hall–Kier alpha value is -2.08. The number of carboxylic acids is 1. The number of rotatable bonds is 6. The zero-order chi connectivity index (χ0) is 16.1. The molecule has 0 aliphatic carbocycles. The third-order valence-electron chi connectivity index (χ3n) is 4.11. The first-order valence-corrected chi connectivity index (χ1v) is 8.80. The van der Waals surface area contributed by atoms with Gasteiger partial charge in [-0.25, -0.2) is 4.98 Å². The molecule has 6 heteroatoms. The minimum atomic E-state index is -0.752. The molecule has 23 heavy (non-hydrogen) atoms. The molecule has 2 N–H and O–H groups in total. The van der Waals surface area contributed by atoms with Gasteiger partial charge in [0, 0.05) is 42.8 Å². The van der Waals surface area contributed by atoms with Crippen molar-refractivity contribution in [2.75, 3.05) is 23.3 Å². The normalized spacial score (nSPS) is 15.6. The molecule has 1 saturated heterocycles. The van der Waals surface area contributed by atoms with Crippen molar-refractivity contribution in [3.63, 3.8) is 0 Å². The standard InChI is InChI=1S/C17H21N3O2S/c21-16(22)5-4-13-2-1-3-15(12-13)19-14-6-9-20(10-7-14)17-18-8-11-23-17/h1-3,8,11-12,14,19H,4-7,9-10H2,(H,21,22). The molecular weight excluding hydrogens is 310 g/mol. The van der Waals surface area contributed by atoms with Crippen molar-refractivity contribution in [3.05, 3.63) is 41.4 Å². The van der Waals surface area contributed by atoms with Gasteiger partial charge in [-0.3, -0.25) is 4.79 Å². The van der Waals surface area contributed by atoms with Crippen LogP contribution in [0.1, 0.15) is 24.8 Å². The molecular formula is C17H21N3O2S. The zero-order valence-corrected chi connectivity index (χ0v) is 13.8. The van der Waals surface area contributed by atoms with Gasteiger partial charge in [-0.2, -0.15) is 0 Å². The molecule has 122 valence electrons. The summed E-state index contributed by atoms with van der Waals surface area (Å²) in [5, 5.41) is 15.5. The highest BCUT2D eigenvalue weighted by Gasteiger charge is 2.20. The molecule has 0 bridgehead atoms. The van der Waals surface area contributed by atoms with Gasteiger partial charge in [0.15, 0.2) is 5.13 Å². The SMILES string of the molecule is O=C(O)CCc1cccc(NC2CCN(c3nccs3)CC2)c1. The molecule has 0 amide bonds. The Morgan fingerprint density at radius 1 is 1.39 bits per heavy atom. The van der Waals surface area contributed by atoms with Crippen LogP contribution >= 0.6 is 11.3 Å². The molecule has 0 atom stereocenters. The fourth-order valence-electron chi connectivity index (χ4n) is 2.89.